The first-order chi connectivity index (χ1) is 6.74. The highest BCUT2D eigenvalue weighted by Gasteiger charge is 2.36. The number of fused-ring (bicyclic) bond motifs is 2. The Morgan fingerprint density at radius 3 is 3.00 bits per heavy atom. The van der Waals surface area contributed by atoms with Crippen molar-refractivity contribution in [1.82, 2.24) is 4.90 Å². The molecule has 0 aromatic carbocycles. The van der Waals surface area contributed by atoms with E-state index in [1.54, 1.807) is 0 Å². The number of likely N-dealkylation sites (N-methyl/N-ethyl adjacent to an activating group) is 1. The number of allylic oxidation sites excluding steroid dienone is 1. The van der Waals surface area contributed by atoms with E-state index in [4.69, 9.17) is 4.74 Å². The molecule has 1 saturated heterocycles. The van der Waals surface area contributed by atoms with Gasteiger partial charge in [-0.3, -0.25) is 4.90 Å². The lowest BCUT2D eigenvalue weighted by molar-refractivity contribution is -0.136. The van der Waals surface area contributed by atoms with Crippen LogP contribution in [0.15, 0.2) is 11.6 Å². The molecule has 0 saturated carbocycles. The van der Waals surface area contributed by atoms with Crippen LogP contribution in [-0.2, 0) is 9.53 Å². The van der Waals surface area contributed by atoms with Crippen molar-refractivity contribution in [3.05, 3.63) is 11.6 Å². The number of hydrogen-bond donors (Lipinski definition) is 0. The fourth-order valence-corrected chi connectivity index (χ4v) is 2.64. The van der Waals surface area contributed by atoms with Crippen LogP contribution in [-0.4, -0.2) is 37.1 Å². The van der Waals surface area contributed by atoms with Crippen LogP contribution in [0.2, 0.25) is 0 Å². The number of hydrogen-bond acceptors (Lipinski definition) is 3. The maximum Gasteiger partial charge on any atom is 0.335 e. The van der Waals surface area contributed by atoms with Gasteiger partial charge in [-0.05, 0) is 32.7 Å². The van der Waals surface area contributed by atoms with E-state index in [1.807, 2.05) is 0 Å². The Bertz CT molecular complexity index is 272. The van der Waals surface area contributed by atoms with Crippen molar-refractivity contribution in [1.29, 1.82) is 0 Å². The molecule has 2 rings (SSSR count). The van der Waals surface area contributed by atoms with Crippen molar-refractivity contribution in [2.45, 2.75) is 37.8 Å². The predicted molar refractivity (Wildman–Crippen MR) is 53.9 cm³/mol. The lowest BCUT2D eigenvalue weighted by Gasteiger charge is -2.23. The van der Waals surface area contributed by atoms with Gasteiger partial charge in [0.2, 0.25) is 0 Å². The molecule has 0 aliphatic carbocycles. The maximum absolute atomic E-state index is 11.5. The summed E-state index contributed by atoms with van der Waals surface area (Å²) in [5.74, 6) is -0.149. The van der Waals surface area contributed by atoms with E-state index < -0.39 is 0 Å². The molecule has 2 bridgehead atoms. The number of methoxy groups -OCH3 is 1. The third-order valence-corrected chi connectivity index (χ3v) is 3.49. The summed E-state index contributed by atoms with van der Waals surface area (Å²) >= 11 is 0. The van der Waals surface area contributed by atoms with Crippen LogP contribution in [0.1, 0.15) is 25.7 Å². The Morgan fingerprint density at radius 1 is 1.50 bits per heavy atom. The SMILES string of the molecule is COC(=O)C1=CCC[C@@H]2CC[C@H]1N2C. The van der Waals surface area contributed by atoms with Gasteiger partial charge in [-0.2, -0.15) is 0 Å². The smallest absolute Gasteiger partial charge is 0.335 e. The molecule has 2 aliphatic heterocycles. The summed E-state index contributed by atoms with van der Waals surface area (Å²) in [6, 6.07) is 0.966. The Balaban J connectivity index is 2.23. The molecule has 2 heterocycles. The van der Waals surface area contributed by atoms with Gasteiger partial charge in [-0.1, -0.05) is 6.08 Å². The summed E-state index contributed by atoms with van der Waals surface area (Å²) in [4.78, 5) is 13.9. The summed E-state index contributed by atoms with van der Waals surface area (Å²) in [7, 11) is 3.57. The van der Waals surface area contributed by atoms with Crippen LogP contribution in [0, 0.1) is 0 Å². The molecular formula is C11H17NO2. The van der Waals surface area contributed by atoms with Crippen LogP contribution in [0.4, 0.5) is 0 Å². The molecule has 3 nitrogen and oxygen atoms in total. The minimum Gasteiger partial charge on any atom is -0.466 e. The number of rotatable bonds is 1. The van der Waals surface area contributed by atoms with Gasteiger partial charge in [0.05, 0.1) is 12.7 Å². The van der Waals surface area contributed by atoms with E-state index in [2.05, 4.69) is 18.0 Å². The zero-order valence-electron chi connectivity index (χ0n) is 8.82. The minimum absolute atomic E-state index is 0.149. The van der Waals surface area contributed by atoms with Crippen LogP contribution >= 0.6 is 0 Å². The minimum atomic E-state index is -0.149. The molecule has 0 spiro atoms. The van der Waals surface area contributed by atoms with Crippen molar-refractivity contribution < 1.29 is 9.53 Å². The molecule has 14 heavy (non-hydrogen) atoms. The van der Waals surface area contributed by atoms with Gasteiger partial charge in [0.1, 0.15) is 0 Å². The Morgan fingerprint density at radius 2 is 2.29 bits per heavy atom. The summed E-state index contributed by atoms with van der Waals surface area (Å²) < 4.78 is 4.81. The molecule has 0 unspecified atom stereocenters. The van der Waals surface area contributed by atoms with Crippen molar-refractivity contribution in [2.24, 2.45) is 0 Å². The molecule has 0 aromatic heterocycles. The number of ether oxygens (including phenoxy) is 1. The molecule has 0 radical (unpaired) electrons. The zero-order chi connectivity index (χ0) is 10.1. The molecule has 1 fully saturated rings. The van der Waals surface area contributed by atoms with Gasteiger partial charge in [0, 0.05) is 12.1 Å². The Hall–Kier alpha value is -0.830. The Labute approximate surface area is 84.7 Å². The topological polar surface area (TPSA) is 29.5 Å². The van der Waals surface area contributed by atoms with E-state index in [9.17, 15) is 4.79 Å². The van der Waals surface area contributed by atoms with Gasteiger partial charge in [0.15, 0.2) is 0 Å². The second-order valence-electron chi connectivity index (χ2n) is 4.14. The first-order valence-corrected chi connectivity index (χ1v) is 5.24. The van der Waals surface area contributed by atoms with Crippen LogP contribution in [0.3, 0.4) is 0 Å². The number of carbonyl (C=O) groups is 1. The lowest BCUT2D eigenvalue weighted by Crippen LogP contribution is -2.34. The predicted octanol–water partition coefficient (Wildman–Crippen LogP) is 1.34. The van der Waals surface area contributed by atoms with Gasteiger partial charge < -0.3 is 4.74 Å². The largest absolute Gasteiger partial charge is 0.466 e. The number of nitrogens with zero attached hydrogens (tertiary/aromatic N) is 1. The molecule has 0 amide bonds. The summed E-state index contributed by atoms with van der Waals surface area (Å²) in [5.41, 5.74) is 0.870. The van der Waals surface area contributed by atoms with Gasteiger partial charge in [-0.15, -0.1) is 0 Å². The second kappa shape index (κ2) is 3.73. The average Bonchev–Trinajstić information content (AvgIpc) is 2.41. The fraction of sp³-hybridized carbons (Fsp3) is 0.727. The second-order valence-corrected chi connectivity index (χ2v) is 4.14. The van der Waals surface area contributed by atoms with Gasteiger partial charge in [-0.25, -0.2) is 4.79 Å². The molecule has 78 valence electrons. The zero-order valence-corrected chi connectivity index (χ0v) is 8.82. The molecular weight excluding hydrogens is 178 g/mol. The first kappa shape index (κ1) is 9.71. The Kier molecular flexibility index (Phi) is 2.59. The molecule has 2 aliphatic rings. The molecule has 0 N–H and O–H groups in total. The summed E-state index contributed by atoms with van der Waals surface area (Å²) in [6.07, 6.45) is 6.56. The van der Waals surface area contributed by atoms with Crippen molar-refractivity contribution in [3.8, 4) is 0 Å². The third kappa shape index (κ3) is 1.46. The number of esters is 1. The molecule has 0 aromatic rings. The van der Waals surface area contributed by atoms with Crippen LogP contribution in [0.5, 0.6) is 0 Å². The van der Waals surface area contributed by atoms with Crippen molar-refractivity contribution >= 4 is 5.97 Å². The molecule has 3 heteroatoms. The maximum atomic E-state index is 11.5. The van der Waals surface area contributed by atoms with Crippen LogP contribution in [0.25, 0.3) is 0 Å². The lowest BCUT2D eigenvalue weighted by atomic mass is 10.00. The van der Waals surface area contributed by atoms with E-state index in [-0.39, 0.29) is 5.97 Å². The average molecular weight is 195 g/mol. The van der Waals surface area contributed by atoms with Gasteiger partial charge >= 0.3 is 5.97 Å². The van der Waals surface area contributed by atoms with E-state index in [0.29, 0.717) is 12.1 Å². The monoisotopic (exact) mass is 195 g/mol. The highest BCUT2D eigenvalue weighted by Crippen LogP contribution is 2.33. The van der Waals surface area contributed by atoms with E-state index in [1.165, 1.54) is 20.0 Å². The van der Waals surface area contributed by atoms with Crippen molar-refractivity contribution in [3.63, 3.8) is 0 Å². The molecule has 2 atom stereocenters. The summed E-state index contributed by atoms with van der Waals surface area (Å²) in [5, 5.41) is 0. The van der Waals surface area contributed by atoms with Crippen molar-refractivity contribution in [2.75, 3.05) is 14.2 Å². The van der Waals surface area contributed by atoms with Gasteiger partial charge in [0.25, 0.3) is 0 Å². The highest BCUT2D eigenvalue weighted by molar-refractivity contribution is 5.89. The first-order valence-electron chi connectivity index (χ1n) is 5.24. The highest BCUT2D eigenvalue weighted by atomic mass is 16.5. The quantitative estimate of drug-likeness (QED) is 0.591. The fourth-order valence-electron chi connectivity index (χ4n) is 2.64. The normalized spacial score (nSPS) is 32.3. The van der Waals surface area contributed by atoms with E-state index >= 15 is 0 Å². The third-order valence-electron chi connectivity index (χ3n) is 3.49. The standard InChI is InChI=1S/C11H17NO2/c1-12-8-4-3-5-9(11(13)14-2)10(12)7-6-8/h5,8,10H,3-4,6-7H2,1-2H3/t8-,10-/m1/s1. The summed E-state index contributed by atoms with van der Waals surface area (Å²) in [6.45, 7) is 0. The van der Waals surface area contributed by atoms with Crippen LogP contribution < -0.4 is 0 Å². The number of carbonyl (C=O) groups excluding carboxylic acids is 1. The van der Waals surface area contributed by atoms with E-state index in [0.717, 1.165) is 18.4 Å².